The van der Waals surface area contributed by atoms with Crippen molar-refractivity contribution in [1.29, 1.82) is 0 Å². The number of carboxylic acid groups (broad SMARTS) is 1. The van der Waals surface area contributed by atoms with E-state index in [1.54, 1.807) is 23.6 Å². The summed E-state index contributed by atoms with van der Waals surface area (Å²) < 4.78 is 0.930. The average Bonchev–Trinajstić information content (AvgIpc) is 2.75. The van der Waals surface area contributed by atoms with Gasteiger partial charge >= 0.3 is 5.97 Å². The first kappa shape index (κ1) is 9.70. The summed E-state index contributed by atoms with van der Waals surface area (Å²) in [5.41, 5.74) is 0. The largest absolute Gasteiger partial charge is 0.477 e. The molecule has 2 aromatic heterocycles. The highest BCUT2D eigenvalue weighted by Crippen LogP contribution is 2.32. The summed E-state index contributed by atoms with van der Waals surface area (Å²) >= 11 is 4.27. The highest BCUT2D eigenvalue weighted by Gasteiger charge is 2.08. The average molecular weight is 243 g/mol. The highest BCUT2D eigenvalue weighted by molar-refractivity contribution is 8.01. The lowest BCUT2D eigenvalue weighted by Crippen LogP contribution is -1.89. The van der Waals surface area contributed by atoms with Gasteiger partial charge in [0.2, 0.25) is 0 Å². The van der Waals surface area contributed by atoms with E-state index in [4.69, 9.17) is 5.11 Å². The molecule has 0 aliphatic heterocycles. The van der Waals surface area contributed by atoms with Crippen LogP contribution in [-0.4, -0.2) is 16.1 Å². The van der Waals surface area contributed by atoms with Gasteiger partial charge in [0, 0.05) is 21.9 Å². The normalized spacial score (nSPS) is 10.3. The summed E-state index contributed by atoms with van der Waals surface area (Å²) in [6.45, 7) is 0. The lowest BCUT2D eigenvalue weighted by molar-refractivity contribution is 0.0702. The number of aromatic nitrogens is 1. The van der Waals surface area contributed by atoms with Crippen molar-refractivity contribution in [1.82, 2.24) is 4.98 Å². The molecule has 0 aromatic carbocycles. The van der Waals surface area contributed by atoms with Gasteiger partial charge in [-0.1, -0.05) is 11.8 Å². The molecule has 6 heteroatoms. The molecule has 14 heavy (non-hydrogen) atoms. The van der Waals surface area contributed by atoms with E-state index in [-0.39, 0.29) is 0 Å². The van der Waals surface area contributed by atoms with Crippen molar-refractivity contribution in [2.45, 2.75) is 9.24 Å². The van der Waals surface area contributed by atoms with Crippen LogP contribution >= 0.6 is 34.4 Å². The van der Waals surface area contributed by atoms with Crippen LogP contribution in [0.2, 0.25) is 0 Å². The lowest BCUT2D eigenvalue weighted by atomic mass is 10.5. The van der Waals surface area contributed by atoms with E-state index in [2.05, 4.69) is 4.98 Å². The second-order valence-corrected chi connectivity index (χ2v) is 5.48. The minimum atomic E-state index is -0.874. The smallest absolute Gasteiger partial charge is 0.345 e. The maximum Gasteiger partial charge on any atom is 0.345 e. The number of thiazole rings is 1. The molecule has 0 bridgehead atoms. The zero-order chi connectivity index (χ0) is 9.97. The van der Waals surface area contributed by atoms with Crippen molar-refractivity contribution in [2.75, 3.05) is 0 Å². The predicted octanol–water partition coefficient (Wildman–Crippen LogP) is 3.05. The van der Waals surface area contributed by atoms with Gasteiger partial charge in [0.1, 0.15) is 4.88 Å². The monoisotopic (exact) mass is 243 g/mol. The van der Waals surface area contributed by atoms with Gasteiger partial charge in [0.25, 0.3) is 0 Å². The van der Waals surface area contributed by atoms with E-state index < -0.39 is 5.97 Å². The number of aromatic carboxylic acids is 1. The van der Waals surface area contributed by atoms with E-state index in [9.17, 15) is 4.79 Å². The summed E-state index contributed by atoms with van der Waals surface area (Å²) in [7, 11) is 0. The van der Waals surface area contributed by atoms with Crippen LogP contribution in [0.3, 0.4) is 0 Å². The maximum absolute atomic E-state index is 10.6. The fourth-order valence-corrected chi connectivity index (χ4v) is 3.36. The van der Waals surface area contributed by atoms with Crippen LogP contribution in [0.5, 0.6) is 0 Å². The molecule has 0 atom stereocenters. The predicted molar refractivity (Wildman–Crippen MR) is 57.5 cm³/mol. The third-order valence-electron chi connectivity index (χ3n) is 1.40. The number of hydrogen-bond donors (Lipinski definition) is 1. The second-order valence-electron chi connectivity index (χ2n) is 2.35. The fourth-order valence-electron chi connectivity index (χ4n) is 0.846. The Balaban J connectivity index is 2.14. The highest BCUT2D eigenvalue weighted by atomic mass is 32.2. The molecule has 0 saturated heterocycles. The number of nitrogens with zero attached hydrogens (tertiary/aromatic N) is 1. The summed E-state index contributed by atoms with van der Waals surface area (Å²) in [6, 6.07) is 1.67. The maximum atomic E-state index is 10.6. The number of carboxylic acids is 1. The first-order valence-electron chi connectivity index (χ1n) is 3.65. The van der Waals surface area contributed by atoms with E-state index in [0.29, 0.717) is 4.88 Å². The van der Waals surface area contributed by atoms with Gasteiger partial charge in [-0.15, -0.1) is 22.7 Å². The Hall–Kier alpha value is -0.850. The van der Waals surface area contributed by atoms with Gasteiger partial charge in [0.15, 0.2) is 4.34 Å². The van der Waals surface area contributed by atoms with Gasteiger partial charge in [-0.05, 0) is 6.07 Å². The zero-order valence-corrected chi connectivity index (χ0v) is 9.29. The van der Waals surface area contributed by atoms with Crippen LogP contribution in [0.15, 0.2) is 32.3 Å². The van der Waals surface area contributed by atoms with Crippen LogP contribution in [-0.2, 0) is 0 Å². The molecule has 0 fully saturated rings. The van der Waals surface area contributed by atoms with Gasteiger partial charge in [-0.25, -0.2) is 9.78 Å². The van der Waals surface area contributed by atoms with Crippen molar-refractivity contribution in [3.63, 3.8) is 0 Å². The Morgan fingerprint density at radius 1 is 1.50 bits per heavy atom. The zero-order valence-electron chi connectivity index (χ0n) is 6.84. The van der Waals surface area contributed by atoms with Crippen LogP contribution in [0.25, 0.3) is 0 Å². The molecule has 2 aromatic rings. The van der Waals surface area contributed by atoms with Crippen molar-refractivity contribution in [2.24, 2.45) is 0 Å². The molecule has 0 aliphatic rings. The summed E-state index contributed by atoms with van der Waals surface area (Å²) in [6.07, 6.45) is 1.73. The molecule has 0 spiro atoms. The molecule has 0 saturated carbocycles. The number of thiophene rings is 1. The third kappa shape index (κ3) is 2.14. The second kappa shape index (κ2) is 4.12. The van der Waals surface area contributed by atoms with E-state index in [1.165, 1.54) is 23.1 Å². The molecule has 0 aliphatic carbocycles. The molecule has 1 N–H and O–H groups in total. The Morgan fingerprint density at radius 3 is 2.93 bits per heavy atom. The molecule has 3 nitrogen and oxygen atoms in total. The van der Waals surface area contributed by atoms with E-state index in [0.717, 1.165) is 9.24 Å². The molecule has 2 rings (SSSR count). The first-order chi connectivity index (χ1) is 6.75. The van der Waals surface area contributed by atoms with Crippen molar-refractivity contribution in [3.8, 4) is 0 Å². The molecule has 72 valence electrons. The van der Waals surface area contributed by atoms with Crippen LogP contribution in [0.1, 0.15) is 9.67 Å². The minimum Gasteiger partial charge on any atom is -0.477 e. The number of rotatable bonds is 3. The summed E-state index contributed by atoms with van der Waals surface area (Å²) in [5.74, 6) is -0.874. The summed E-state index contributed by atoms with van der Waals surface area (Å²) in [4.78, 5) is 16.0. The minimum absolute atomic E-state index is 0.365. The Bertz CT molecular complexity index is 435. The van der Waals surface area contributed by atoms with Crippen LogP contribution in [0.4, 0.5) is 0 Å². The van der Waals surface area contributed by atoms with Crippen molar-refractivity contribution < 1.29 is 9.90 Å². The molecular formula is C8H5NO2S3. The van der Waals surface area contributed by atoms with Crippen molar-refractivity contribution >= 4 is 40.4 Å². The standard InChI is InChI=1S/C8H5NO2S3/c10-7(11)6-3-5(4-13-6)14-8-9-1-2-12-8/h1-4H,(H,10,11). The van der Waals surface area contributed by atoms with E-state index >= 15 is 0 Å². The molecule has 0 radical (unpaired) electrons. The third-order valence-corrected chi connectivity index (χ3v) is 4.32. The molecule has 0 amide bonds. The first-order valence-corrected chi connectivity index (χ1v) is 6.22. The quantitative estimate of drug-likeness (QED) is 0.900. The van der Waals surface area contributed by atoms with E-state index in [1.807, 2.05) is 10.8 Å². The molecular weight excluding hydrogens is 238 g/mol. The number of hydrogen-bond acceptors (Lipinski definition) is 5. The van der Waals surface area contributed by atoms with Gasteiger partial charge in [0.05, 0.1) is 0 Å². The van der Waals surface area contributed by atoms with Gasteiger partial charge in [-0.3, -0.25) is 0 Å². The van der Waals surface area contributed by atoms with Crippen molar-refractivity contribution in [3.05, 3.63) is 27.9 Å². The Morgan fingerprint density at radius 2 is 2.36 bits per heavy atom. The van der Waals surface area contributed by atoms with Crippen LogP contribution in [0, 0.1) is 0 Å². The molecule has 2 heterocycles. The van der Waals surface area contributed by atoms with Gasteiger partial charge < -0.3 is 5.11 Å². The fraction of sp³-hybridized carbons (Fsp3) is 0. The lowest BCUT2D eigenvalue weighted by Gasteiger charge is -1.89. The number of carbonyl (C=O) groups is 1. The summed E-state index contributed by atoms with van der Waals surface area (Å²) in [5, 5.41) is 12.4. The SMILES string of the molecule is O=C(O)c1cc(Sc2nccs2)cs1. The van der Waals surface area contributed by atoms with Crippen LogP contribution < -0.4 is 0 Å². The Labute approximate surface area is 92.4 Å². The topological polar surface area (TPSA) is 50.2 Å². The van der Waals surface area contributed by atoms with Gasteiger partial charge in [-0.2, -0.15) is 0 Å². The molecule has 0 unspecified atom stereocenters. The Kier molecular flexibility index (Phi) is 2.85.